The summed E-state index contributed by atoms with van der Waals surface area (Å²) >= 11 is 0. The molecule has 0 atom stereocenters. The summed E-state index contributed by atoms with van der Waals surface area (Å²) in [6, 6.07) is 8.85. The second kappa shape index (κ2) is 12.4. The Hall–Kier alpha value is -3.37. The van der Waals surface area contributed by atoms with Crippen molar-refractivity contribution in [2.24, 2.45) is 0 Å². The van der Waals surface area contributed by atoms with Crippen LogP contribution in [0.3, 0.4) is 0 Å². The molecule has 2 aromatic carbocycles. The Morgan fingerprint density at radius 2 is 1.63 bits per heavy atom. The molecule has 0 fully saturated rings. The molecule has 0 spiro atoms. The molecule has 0 radical (unpaired) electrons. The maximum absolute atomic E-state index is 13.6. The van der Waals surface area contributed by atoms with Crippen molar-refractivity contribution in [3.63, 3.8) is 0 Å². The Kier molecular flexibility index (Phi) is 10.5. The van der Waals surface area contributed by atoms with E-state index in [-0.39, 0.29) is 22.8 Å². The number of sulfonamides is 2. The van der Waals surface area contributed by atoms with Crippen molar-refractivity contribution in [3.8, 4) is 23.6 Å². The first-order valence-corrected chi connectivity index (χ1v) is 12.4. The minimum Gasteiger partial charge on any atom is -0.495 e. The first-order valence-electron chi connectivity index (χ1n) is 9.45. The fourth-order valence-corrected chi connectivity index (χ4v) is 4.85. The average Bonchev–Trinajstić information content (AvgIpc) is 2.78. The van der Waals surface area contributed by atoms with E-state index >= 15 is 0 Å². The highest BCUT2D eigenvalue weighted by atomic mass is 32.2. The van der Waals surface area contributed by atoms with Crippen LogP contribution in [0.25, 0.3) is 0 Å². The topological polar surface area (TPSA) is 150 Å². The molecule has 0 amide bonds. The summed E-state index contributed by atoms with van der Waals surface area (Å²) in [6.07, 6.45) is 0. The van der Waals surface area contributed by atoms with E-state index in [0.717, 1.165) is 22.5 Å². The SMILES string of the molecule is CCNS(=O)(=O)c1cccc(OC(F)F)c1C#N.COc1ccc(F)c(S(=O)(=O)N(C)C)c1C#N. The molecule has 2 aromatic rings. The number of alkyl halides is 2. The standard InChI is InChI=1S/C10H10F2N2O3S.C10H11FN2O3S/c1-2-14-18(15,16)9-5-3-4-8(7(9)6-13)17-10(11)12;1-13(2)17(14,15)10-7(6-12)9(16-3)5-4-8(10)11/h3-5,10,14H,2H2,1H3;4-5H,1-3H3. The van der Waals surface area contributed by atoms with E-state index in [1.54, 1.807) is 19.1 Å². The molecule has 0 aliphatic rings. The van der Waals surface area contributed by atoms with Crippen molar-refractivity contribution in [3.05, 3.63) is 47.3 Å². The Labute approximate surface area is 201 Å². The van der Waals surface area contributed by atoms with Crippen LogP contribution in [0.1, 0.15) is 18.1 Å². The van der Waals surface area contributed by atoms with Crippen LogP contribution in [-0.4, -0.2) is 55.5 Å². The summed E-state index contributed by atoms with van der Waals surface area (Å²) in [7, 11) is -4.14. The molecule has 10 nitrogen and oxygen atoms in total. The number of halogens is 3. The fourth-order valence-electron chi connectivity index (χ4n) is 2.56. The summed E-state index contributed by atoms with van der Waals surface area (Å²) < 4.78 is 97.0. The van der Waals surface area contributed by atoms with Crippen molar-refractivity contribution in [2.45, 2.75) is 23.3 Å². The van der Waals surface area contributed by atoms with E-state index in [1.807, 2.05) is 0 Å². The van der Waals surface area contributed by atoms with Crippen molar-refractivity contribution < 1.29 is 39.5 Å². The normalized spacial score (nSPS) is 11.3. The van der Waals surface area contributed by atoms with Crippen molar-refractivity contribution in [1.82, 2.24) is 9.03 Å². The van der Waals surface area contributed by atoms with Crippen LogP contribution >= 0.6 is 0 Å². The molecule has 0 aliphatic heterocycles. The summed E-state index contributed by atoms with van der Waals surface area (Å²) in [5, 5.41) is 17.8. The summed E-state index contributed by atoms with van der Waals surface area (Å²) in [4.78, 5) is -1.05. The number of benzene rings is 2. The van der Waals surface area contributed by atoms with E-state index in [1.165, 1.54) is 33.3 Å². The largest absolute Gasteiger partial charge is 0.495 e. The van der Waals surface area contributed by atoms with Gasteiger partial charge in [0.2, 0.25) is 20.0 Å². The molecule has 1 N–H and O–H groups in total. The van der Waals surface area contributed by atoms with Crippen LogP contribution in [0.15, 0.2) is 40.1 Å². The first-order chi connectivity index (χ1) is 16.3. The van der Waals surface area contributed by atoms with Gasteiger partial charge < -0.3 is 9.47 Å². The van der Waals surface area contributed by atoms with Crippen LogP contribution in [0, 0.1) is 28.5 Å². The Morgan fingerprint density at radius 3 is 2.09 bits per heavy atom. The van der Waals surface area contributed by atoms with Gasteiger partial charge in [-0.3, -0.25) is 0 Å². The summed E-state index contributed by atoms with van der Waals surface area (Å²) in [6.45, 7) is -1.45. The number of nitrogens with one attached hydrogen (secondary N) is 1. The van der Waals surface area contributed by atoms with Crippen LogP contribution < -0.4 is 14.2 Å². The minimum absolute atomic E-state index is 0.0225. The van der Waals surface area contributed by atoms with E-state index in [2.05, 4.69) is 9.46 Å². The van der Waals surface area contributed by atoms with Gasteiger partial charge in [0.15, 0.2) is 0 Å². The van der Waals surface area contributed by atoms with Crippen molar-refractivity contribution in [1.29, 1.82) is 10.5 Å². The molecule has 0 heterocycles. The molecular formula is C20H21F3N4O6S2. The lowest BCUT2D eigenvalue weighted by Crippen LogP contribution is -2.24. The van der Waals surface area contributed by atoms with Gasteiger partial charge >= 0.3 is 6.61 Å². The number of hydrogen-bond donors (Lipinski definition) is 1. The zero-order valence-corrected chi connectivity index (χ0v) is 20.5. The maximum Gasteiger partial charge on any atom is 0.387 e. The Balaban J connectivity index is 0.000000351. The highest BCUT2D eigenvalue weighted by Gasteiger charge is 2.28. The van der Waals surface area contributed by atoms with Crippen LogP contribution in [0.4, 0.5) is 13.2 Å². The van der Waals surface area contributed by atoms with Gasteiger partial charge in [-0.05, 0) is 24.3 Å². The van der Waals surface area contributed by atoms with Crippen LogP contribution in [0.2, 0.25) is 0 Å². The lowest BCUT2D eigenvalue weighted by atomic mass is 10.2. The van der Waals surface area contributed by atoms with E-state index in [0.29, 0.717) is 0 Å². The van der Waals surface area contributed by atoms with Gasteiger partial charge in [-0.2, -0.15) is 19.3 Å². The van der Waals surface area contributed by atoms with Crippen molar-refractivity contribution in [2.75, 3.05) is 27.7 Å². The zero-order chi connectivity index (χ0) is 27.0. The van der Waals surface area contributed by atoms with Gasteiger partial charge in [0, 0.05) is 20.6 Å². The van der Waals surface area contributed by atoms with Gasteiger partial charge in [-0.15, -0.1) is 0 Å². The van der Waals surface area contributed by atoms with Gasteiger partial charge in [0.05, 0.1) is 7.11 Å². The predicted octanol–water partition coefficient (Wildman–Crippen LogP) is 2.41. The zero-order valence-electron chi connectivity index (χ0n) is 18.9. The molecule has 0 bridgehead atoms. The molecule has 190 valence electrons. The number of rotatable bonds is 8. The quantitative estimate of drug-likeness (QED) is 0.543. The van der Waals surface area contributed by atoms with Gasteiger partial charge in [-0.25, -0.2) is 30.3 Å². The third kappa shape index (κ3) is 7.06. The average molecular weight is 535 g/mol. The third-order valence-electron chi connectivity index (χ3n) is 4.08. The highest BCUT2D eigenvalue weighted by molar-refractivity contribution is 7.89. The maximum atomic E-state index is 13.6. The monoisotopic (exact) mass is 534 g/mol. The second-order valence-electron chi connectivity index (χ2n) is 6.47. The molecule has 0 unspecified atom stereocenters. The fraction of sp³-hybridized carbons (Fsp3) is 0.300. The molecule has 0 aliphatic carbocycles. The molecule has 15 heteroatoms. The molecule has 2 rings (SSSR count). The summed E-state index contributed by atoms with van der Waals surface area (Å²) in [5.74, 6) is -1.42. The van der Waals surface area contributed by atoms with Crippen LogP contribution in [-0.2, 0) is 20.0 Å². The van der Waals surface area contributed by atoms with Crippen LogP contribution in [0.5, 0.6) is 11.5 Å². The number of nitriles is 2. The molecule has 0 saturated heterocycles. The number of methoxy groups -OCH3 is 1. The Morgan fingerprint density at radius 1 is 1.03 bits per heavy atom. The number of ether oxygens (including phenoxy) is 2. The van der Waals surface area contributed by atoms with Crippen molar-refractivity contribution >= 4 is 20.0 Å². The lowest BCUT2D eigenvalue weighted by molar-refractivity contribution is -0.0502. The molecule has 35 heavy (non-hydrogen) atoms. The van der Waals surface area contributed by atoms with E-state index in [4.69, 9.17) is 15.3 Å². The van der Waals surface area contributed by atoms with E-state index in [9.17, 15) is 30.0 Å². The molecule has 0 saturated carbocycles. The van der Waals surface area contributed by atoms with Gasteiger partial charge in [-0.1, -0.05) is 13.0 Å². The summed E-state index contributed by atoms with van der Waals surface area (Å²) in [5.41, 5.74) is -0.778. The third-order valence-corrected chi connectivity index (χ3v) is 7.55. The lowest BCUT2D eigenvalue weighted by Gasteiger charge is -2.14. The minimum atomic E-state index is -4.03. The van der Waals surface area contributed by atoms with Gasteiger partial charge in [0.25, 0.3) is 0 Å². The predicted molar refractivity (Wildman–Crippen MR) is 117 cm³/mol. The molecule has 0 aromatic heterocycles. The van der Waals surface area contributed by atoms with Gasteiger partial charge in [0.1, 0.15) is 50.4 Å². The second-order valence-corrected chi connectivity index (χ2v) is 10.3. The smallest absolute Gasteiger partial charge is 0.387 e. The highest BCUT2D eigenvalue weighted by Crippen LogP contribution is 2.29. The van der Waals surface area contributed by atoms with E-state index < -0.39 is 48.7 Å². The molecular weight excluding hydrogens is 513 g/mol. The first kappa shape index (κ1) is 29.7. The number of hydrogen-bond acceptors (Lipinski definition) is 8. The number of nitrogens with zero attached hydrogens (tertiary/aromatic N) is 3. The Bertz CT molecular complexity index is 1350.